The second kappa shape index (κ2) is 8.86. The van der Waals surface area contributed by atoms with Gasteiger partial charge >= 0.3 is 12.4 Å². The average Bonchev–Trinajstić information content (AvgIpc) is 2.59. The summed E-state index contributed by atoms with van der Waals surface area (Å²) < 4.78 is 82.6. The van der Waals surface area contributed by atoms with Gasteiger partial charge in [0.2, 0.25) is 0 Å². The number of nitrogens with one attached hydrogen (secondary N) is 2. The van der Waals surface area contributed by atoms with Crippen molar-refractivity contribution in [2.24, 2.45) is 0 Å². The Morgan fingerprint density at radius 3 is 1.97 bits per heavy atom. The topological polar surface area (TPSA) is 50.4 Å². The van der Waals surface area contributed by atoms with Crippen LogP contribution in [0.2, 0.25) is 10.0 Å². The largest absolute Gasteiger partial charge is 0.494 e. The summed E-state index contributed by atoms with van der Waals surface area (Å²) in [5.41, 5.74) is -3.87. The van der Waals surface area contributed by atoms with E-state index in [-0.39, 0.29) is 27.4 Å². The molecule has 0 saturated heterocycles. The number of anilines is 1. The van der Waals surface area contributed by atoms with Crippen LogP contribution in [-0.4, -0.2) is 18.1 Å². The molecule has 0 spiro atoms. The molecule has 13 heteroatoms. The summed E-state index contributed by atoms with van der Waals surface area (Å²) in [4.78, 5) is 12.4. The molecule has 0 fully saturated rings. The number of hydrogen-bond donors (Lipinski definition) is 2. The van der Waals surface area contributed by atoms with E-state index in [4.69, 9.17) is 40.2 Å². The monoisotopic (exact) mass is 490 g/mol. The molecule has 0 bridgehead atoms. The molecule has 0 unspecified atom stereocenters. The highest BCUT2D eigenvalue weighted by Gasteiger charge is 2.37. The van der Waals surface area contributed by atoms with E-state index in [1.54, 1.807) is 0 Å². The van der Waals surface area contributed by atoms with E-state index < -0.39 is 40.2 Å². The summed E-state index contributed by atoms with van der Waals surface area (Å²) in [6.07, 6.45) is -10.1. The quantitative estimate of drug-likeness (QED) is 0.399. The number of ether oxygens (including phenoxy) is 1. The Hall–Kier alpha value is -2.24. The number of benzene rings is 2. The maximum atomic E-state index is 12.9. The maximum Gasteiger partial charge on any atom is 0.416 e. The van der Waals surface area contributed by atoms with Crippen LogP contribution < -0.4 is 15.4 Å². The van der Waals surface area contributed by atoms with E-state index in [9.17, 15) is 31.1 Å². The average molecular weight is 491 g/mol. The SMILES string of the molecule is COc1c(Cl)cc(Cl)cc1C(=O)NC(=S)Nc1cc(C(F)(F)F)cc(C(F)(F)F)c1. The molecule has 0 heterocycles. The zero-order chi connectivity index (χ0) is 22.9. The van der Waals surface area contributed by atoms with Crippen molar-refractivity contribution in [3.8, 4) is 5.75 Å². The molecule has 0 aromatic heterocycles. The van der Waals surface area contributed by atoms with Crippen molar-refractivity contribution in [3.05, 3.63) is 57.1 Å². The molecule has 4 nitrogen and oxygen atoms in total. The van der Waals surface area contributed by atoms with Gasteiger partial charge in [-0.1, -0.05) is 23.2 Å². The predicted octanol–water partition coefficient (Wildman–Crippen LogP) is 6.17. The third-order valence-corrected chi connectivity index (χ3v) is 4.23. The standard InChI is InChI=1S/C17H10Cl2F6N2O2S/c1-29-13-11(5-9(18)6-12(13)19)14(28)27-15(30)26-10-3-7(16(20,21)22)2-8(4-10)17(23,24)25/h2-6H,1H3,(H2,26,27,28,30). The number of amides is 1. The van der Waals surface area contributed by atoms with E-state index in [0.29, 0.717) is 12.1 Å². The van der Waals surface area contributed by atoms with Crippen molar-refractivity contribution in [2.45, 2.75) is 12.4 Å². The molecular weight excluding hydrogens is 481 g/mol. The molecule has 2 aromatic carbocycles. The first-order chi connectivity index (χ1) is 13.7. The minimum absolute atomic E-state index is 0.00160. The summed E-state index contributed by atoms with van der Waals surface area (Å²) in [6, 6.07) is 3.30. The van der Waals surface area contributed by atoms with Crippen LogP contribution in [0, 0.1) is 0 Å². The fourth-order valence-corrected chi connectivity index (χ4v) is 3.08. The van der Waals surface area contributed by atoms with Crippen LogP contribution in [0.4, 0.5) is 32.0 Å². The highest BCUT2D eigenvalue weighted by atomic mass is 35.5. The molecule has 0 aliphatic rings. The number of methoxy groups -OCH3 is 1. The van der Waals surface area contributed by atoms with Crippen LogP contribution >= 0.6 is 35.4 Å². The molecule has 0 radical (unpaired) electrons. The number of carbonyl (C=O) groups excluding carboxylic acids is 1. The molecule has 0 saturated carbocycles. The molecule has 2 aromatic rings. The summed E-state index contributed by atoms with van der Waals surface area (Å²) in [6.45, 7) is 0. The smallest absolute Gasteiger partial charge is 0.416 e. The van der Waals surface area contributed by atoms with E-state index in [2.05, 4.69) is 10.6 Å². The van der Waals surface area contributed by atoms with Crippen molar-refractivity contribution < 1.29 is 35.9 Å². The van der Waals surface area contributed by atoms with Crippen molar-refractivity contribution >= 4 is 52.1 Å². The molecule has 2 rings (SSSR count). The number of alkyl halides is 6. The van der Waals surface area contributed by atoms with Gasteiger partial charge in [0.25, 0.3) is 5.91 Å². The lowest BCUT2D eigenvalue weighted by molar-refractivity contribution is -0.143. The van der Waals surface area contributed by atoms with E-state index in [1.807, 2.05) is 0 Å². The molecule has 1 amide bonds. The number of thiocarbonyl (C=S) groups is 1. The van der Waals surface area contributed by atoms with Gasteiger partial charge in [-0.25, -0.2) is 0 Å². The Balaban J connectivity index is 2.30. The molecule has 0 aliphatic carbocycles. The second-order valence-corrected chi connectivity index (χ2v) is 6.92. The summed E-state index contributed by atoms with van der Waals surface area (Å²) >= 11 is 16.6. The zero-order valence-electron chi connectivity index (χ0n) is 14.6. The maximum absolute atomic E-state index is 12.9. The molecule has 2 N–H and O–H groups in total. The first kappa shape index (κ1) is 24.0. The van der Waals surface area contributed by atoms with Gasteiger partial charge in [-0.15, -0.1) is 0 Å². The van der Waals surface area contributed by atoms with Gasteiger partial charge in [0.15, 0.2) is 5.11 Å². The lowest BCUT2D eigenvalue weighted by atomic mass is 10.1. The molecule has 162 valence electrons. The summed E-state index contributed by atoms with van der Waals surface area (Å²) in [7, 11) is 1.23. The van der Waals surface area contributed by atoms with Crippen LogP contribution in [0.5, 0.6) is 5.75 Å². The Morgan fingerprint density at radius 2 is 1.50 bits per heavy atom. The van der Waals surface area contributed by atoms with E-state index in [0.717, 1.165) is 0 Å². The highest BCUT2D eigenvalue weighted by Crippen LogP contribution is 2.37. The second-order valence-electron chi connectivity index (χ2n) is 5.67. The van der Waals surface area contributed by atoms with Crippen molar-refractivity contribution in [1.29, 1.82) is 0 Å². The Morgan fingerprint density at radius 1 is 0.967 bits per heavy atom. The number of rotatable bonds is 3. The predicted molar refractivity (Wildman–Crippen MR) is 103 cm³/mol. The van der Waals surface area contributed by atoms with Gasteiger partial charge in [0.05, 0.1) is 28.8 Å². The van der Waals surface area contributed by atoms with Crippen molar-refractivity contribution in [1.82, 2.24) is 5.32 Å². The van der Waals surface area contributed by atoms with Gasteiger partial charge in [-0.05, 0) is 42.5 Å². The number of halogens is 8. The lowest BCUT2D eigenvalue weighted by Gasteiger charge is -2.16. The number of hydrogen-bond acceptors (Lipinski definition) is 3. The van der Waals surface area contributed by atoms with Gasteiger partial charge in [0, 0.05) is 10.7 Å². The molecule has 0 atom stereocenters. The Bertz CT molecular complexity index is 963. The Labute approximate surface area is 181 Å². The van der Waals surface area contributed by atoms with Crippen LogP contribution in [-0.2, 0) is 12.4 Å². The van der Waals surface area contributed by atoms with Gasteiger partial charge in [0.1, 0.15) is 5.75 Å². The van der Waals surface area contributed by atoms with E-state index >= 15 is 0 Å². The summed E-state index contributed by atoms with van der Waals surface area (Å²) in [5.74, 6) is -0.962. The third-order valence-electron chi connectivity index (χ3n) is 3.53. The van der Waals surface area contributed by atoms with Gasteiger partial charge in [-0.2, -0.15) is 26.3 Å². The fraction of sp³-hybridized carbons (Fsp3) is 0.176. The molecule has 0 aliphatic heterocycles. The third kappa shape index (κ3) is 5.89. The van der Waals surface area contributed by atoms with Gasteiger partial charge in [-0.3, -0.25) is 10.1 Å². The normalized spacial score (nSPS) is 11.8. The van der Waals surface area contributed by atoms with Crippen LogP contribution in [0.3, 0.4) is 0 Å². The zero-order valence-corrected chi connectivity index (χ0v) is 17.0. The Kier molecular flexibility index (Phi) is 7.10. The van der Waals surface area contributed by atoms with Crippen LogP contribution in [0.1, 0.15) is 21.5 Å². The minimum atomic E-state index is -5.03. The van der Waals surface area contributed by atoms with Crippen molar-refractivity contribution in [2.75, 3.05) is 12.4 Å². The number of carbonyl (C=O) groups is 1. The van der Waals surface area contributed by atoms with Gasteiger partial charge < -0.3 is 10.1 Å². The fourth-order valence-electron chi connectivity index (χ4n) is 2.30. The first-order valence-corrected chi connectivity index (χ1v) is 8.83. The molecule has 30 heavy (non-hydrogen) atoms. The highest BCUT2D eigenvalue weighted by molar-refractivity contribution is 7.80. The van der Waals surface area contributed by atoms with Crippen molar-refractivity contribution in [3.63, 3.8) is 0 Å². The molecular formula is C17H10Cl2F6N2O2S. The first-order valence-electron chi connectivity index (χ1n) is 7.67. The van der Waals surface area contributed by atoms with Crippen LogP contribution in [0.15, 0.2) is 30.3 Å². The lowest BCUT2D eigenvalue weighted by Crippen LogP contribution is -2.34. The summed E-state index contributed by atoms with van der Waals surface area (Å²) in [5, 5.41) is 3.76. The minimum Gasteiger partial charge on any atom is -0.494 e. The van der Waals surface area contributed by atoms with E-state index in [1.165, 1.54) is 19.2 Å². The van der Waals surface area contributed by atoms with Crippen LogP contribution in [0.25, 0.3) is 0 Å².